The number of nitrogens with zero attached hydrogens (tertiary/aromatic N) is 2. The SMILES string of the molecule is CC(=O)NC[C@@H]1CCCN(Cc2ccc(-c3ccccc3C#N)o2)C1. The molecule has 1 aromatic heterocycles. The molecule has 1 N–H and O–H groups in total. The van der Waals surface area contributed by atoms with Gasteiger partial charge in [0.15, 0.2) is 0 Å². The summed E-state index contributed by atoms with van der Waals surface area (Å²) in [6, 6.07) is 13.6. The molecule has 25 heavy (non-hydrogen) atoms. The maximum atomic E-state index is 11.1. The third-order valence-electron chi connectivity index (χ3n) is 4.60. The Hall–Kier alpha value is -2.58. The van der Waals surface area contributed by atoms with E-state index in [-0.39, 0.29) is 5.91 Å². The largest absolute Gasteiger partial charge is 0.460 e. The van der Waals surface area contributed by atoms with Gasteiger partial charge in [-0.3, -0.25) is 9.69 Å². The molecule has 0 aliphatic carbocycles. The van der Waals surface area contributed by atoms with E-state index < -0.39 is 0 Å². The highest BCUT2D eigenvalue weighted by atomic mass is 16.3. The third kappa shape index (κ3) is 4.49. The van der Waals surface area contributed by atoms with Gasteiger partial charge in [-0.1, -0.05) is 12.1 Å². The molecule has 2 heterocycles. The molecule has 1 saturated heterocycles. The van der Waals surface area contributed by atoms with Crippen molar-refractivity contribution in [1.29, 1.82) is 5.26 Å². The molecule has 1 aliphatic heterocycles. The molecule has 0 spiro atoms. The van der Waals surface area contributed by atoms with Gasteiger partial charge in [0.05, 0.1) is 18.2 Å². The fraction of sp³-hybridized carbons (Fsp3) is 0.400. The zero-order chi connectivity index (χ0) is 17.6. The van der Waals surface area contributed by atoms with Crippen LogP contribution in [0, 0.1) is 17.2 Å². The Balaban J connectivity index is 1.63. The molecule has 1 amide bonds. The number of hydrogen-bond acceptors (Lipinski definition) is 4. The van der Waals surface area contributed by atoms with Crippen molar-refractivity contribution in [1.82, 2.24) is 10.2 Å². The summed E-state index contributed by atoms with van der Waals surface area (Å²) in [4.78, 5) is 13.5. The molecule has 5 nitrogen and oxygen atoms in total. The lowest BCUT2D eigenvalue weighted by atomic mass is 9.98. The molecule has 130 valence electrons. The third-order valence-corrected chi connectivity index (χ3v) is 4.60. The summed E-state index contributed by atoms with van der Waals surface area (Å²) in [5.74, 6) is 2.16. The van der Waals surface area contributed by atoms with Crippen molar-refractivity contribution >= 4 is 5.91 Å². The fourth-order valence-electron chi connectivity index (χ4n) is 3.37. The average Bonchev–Trinajstić information content (AvgIpc) is 3.08. The topological polar surface area (TPSA) is 69.3 Å². The molecule has 1 aliphatic rings. The predicted octanol–water partition coefficient (Wildman–Crippen LogP) is 3.17. The van der Waals surface area contributed by atoms with Gasteiger partial charge in [-0.05, 0) is 49.6 Å². The molecule has 1 fully saturated rings. The van der Waals surface area contributed by atoms with Crippen LogP contribution in [-0.2, 0) is 11.3 Å². The second-order valence-electron chi connectivity index (χ2n) is 6.60. The van der Waals surface area contributed by atoms with Gasteiger partial charge in [0, 0.05) is 25.6 Å². The Morgan fingerprint density at radius 3 is 3.00 bits per heavy atom. The van der Waals surface area contributed by atoms with Gasteiger partial charge in [0.1, 0.15) is 11.5 Å². The number of likely N-dealkylation sites (tertiary alicyclic amines) is 1. The summed E-state index contributed by atoms with van der Waals surface area (Å²) >= 11 is 0. The first kappa shape index (κ1) is 17.2. The van der Waals surface area contributed by atoms with Crippen LogP contribution >= 0.6 is 0 Å². The maximum Gasteiger partial charge on any atom is 0.216 e. The zero-order valence-electron chi connectivity index (χ0n) is 14.5. The number of carbonyl (C=O) groups is 1. The van der Waals surface area contributed by atoms with Gasteiger partial charge in [-0.2, -0.15) is 5.26 Å². The van der Waals surface area contributed by atoms with E-state index >= 15 is 0 Å². The highest BCUT2D eigenvalue weighted by molar-refractivity contribution is 5.72. The standard InChI is InChI=1S/C20H23N3O2/c1-15(24)22-12-16-5-4-10-23(13-16)14-18-8-9-20(25-18)19-7-3-2-6-17(19)11-21/h2-3,6-9,16H,4-5,10,12-14H2,1H3,(H,22,24)/t16-/m0/s1. The van der Waals surface area contributed by atoms with E-state index in [1.54, 1.807) is 13.0 Å². The molecule has 0 saturated carbocycles. The summed E-state index contributed by atoms with van der Waals surface area (Å²) < 4.78 is 5.99. The van der Waals surface area contributed by atoms with Crippen LogP contribution in [0.5, 0.6) is 0 Å². The number of furan rings is 1. The molecule has 1 aromatic carbocycles. The number of benzene rings is 1. The van der Waals surface area contributed by atoms with E-state index in [0.29, 0.717) is 11.5 Å². The number of rotatable bonds is 5. The lowest BCUT2D eigenvalue weighted by Gasteiger charge is -2.32. The van der Waals surface area contributed by atoms with Gasteiger partial charge in [-0.25, -0.2) is 0 Å². The number of nitriles is 1. The number of piperidine rings is 1. The highest BCUT2D eigenvalue weighted by Crippen LogP contribution is 2.26. The van der Waals surface area contributed by atoms with Crippen LogP contribution in [0.3, 0.4) is 0 Å². The normalized spacial score (nSPS) is 17.8. The second kappa shape index (κ2) is 8.00. The van der Waals surface area contributed by atoms with Crippen LogP contribution in [0.2, 0.25) is 0 Å². The van der Waals surface area contributed by atoms with Crippen LogP contribution in [0.1, 0.15) is 31.1 Å². The molecule has 0 radical (unpaired) electrons. The lowest BCUT2D eigenvalue weighted by molar-refractivity contribution is -0.119. The van der Waals surface area contributed by atoms with Gasteiger partial charge < -0.3 is 9.73 Å². The minimum Gasteiger partial charge on any atom is -0.460 e. The minimum absolute atomic E-state index is 0.0314. The van der Waals surface area contributed by atoms with Crippen molar-refractivity contribution < 1.29 is 9.21 Å². The Bertz CT molecular complexity index is 775. The van der Waals surface area contributed by atoms with Gasteiger partial charge in [0.25, 0.3) is 0 Å². The van der Waals surface area contributed by atoms with Crippen molar-refractivity contribution in [2.45, 2.75) is 26.3 Å². The Labute approximate surface area is 148 Å². The number of carbonyl (C=O) groups excluding carboxylic acids is 1. The maximum absolute atomic E-state index is 11.1. The first-order chi connectivity index (χ1) is 12.2. The number of nitrogens with one attached hydrogen (secondary N) is 1. The van der Waals surface area contributed by atoms with Gasteiger partial charge in [-0.15, -0.1) is 0 Å². The van der Waals surface area contributed by atoms with Crippen LogP contribution in [0.15, 0.2) is 40.8 Å². The van der Waals surface area contributed by atoms with Crippen molar-refractivity contribution in [2.24, 2.45) is 5.92 Å². The van der Waals surface area contributed by atoms with Gasteiger partial charge >= 0.3 is 0 Å². The molecule has 0 bridgehead atoms. The summed E-state index contributed by atoms with van der Waals surface area (Å²) in [5, 5.41) is 12.2. The van der Waals surface area contributed by atoms with E-state index in [1.165, 1.54) is 0 Å². The summed E-state index contributed by atoms with van der Waals surface area (Å²) in [6.07, 6.45) is 2.28. The Morgan fingerprint density at radius 2 is 2.20 bits per heavy atom. The van der Waals surface area contributed by atoms with Crippen molar-refractivity contribution in [3.63, 3.8) is 0 Å². The van der Waals surface area contributed by atoms with E-state index in [0.717, 1.165) is 56.1 Å². The minimum atomic E-state index is 0.0314. The highest BCUT2D eigenvalue weighted by Gasteiger charge is 2.21. The van der Waals surface area contributed by atoms with E-state index in [2.05, 4.69) is 16.3 Å². The Morgan fingerprint density at radius 1 is 1.36 bits per heavy atom. The van der Waals surface area contributed by atoms with E-state index in [1.807, 2.05) is 30.3 Å². The van der Waals surface area contributed by atoms with Crippen LogP contribution < -0.4 is 5.32 Å². The summed E-state index contributed by atoms with van der Waals surface area (Å²) in [7, 11) is 0. The van der Waals surface area contributed by atoms with Crippen molar-refractivity contribution in [3.8, 4) is 17.4 Å². The van der Waals surface area contributed by atoms with Crippen LogP contribution in [0.4, 0.5) is 0 Å². The smallest absolute Gasteiger partial charge is 0.216 e. The van der Waals surface area contributed by atoms with Gasteiger partial charge in [0.2, 0.25) is 5.91 Å². The van der Waals surface area contributed by atoms with Crippen molar-refractivity contribution in [2.75, 3.05) is 19.6 Å². The summed E-state index contributed by atoms with van der Waals surface area (Å²) in [5.41, 5.74) is 1.45. The zero-order valence-corrected chi connectivity index (χ0v) is 14.5. The van der Waals surface area contributed by atoms with Crippen LogP contribution in [0.25, 0.3) is 11.3 Å². The monoisotopic (exact) mass is 337 g/mol. The van der Waals surface area contributed by atoms with E-state index in [4.69, 9.17) is 4.42 Å². The molecule has 1 atom stereocenters. The fourth-order valence-corrected chi connectivity index (χ4v) is 3.37. The number of hydrogen-bond donors (Lipinski definition) is 1. The quantitative estimate of drug-likeness (QED) is 0.910. The summed E-state index contributed by atoms with van der Waals surface area (Å²) in [6.45, 7) is 5.06. The Kier molecular flexibility index (Phi) is 5.52. The molecule has 3 rings (SSSR count). The predicted molar refractivity (Wildman–Crippen MR) is 95.5 cm³/mol. The molecule has 2 aromatic rings. The first-order valence-corrected chi connectivity index (χ1v) is 8.70. The van der Waals surface area contributed by atoms with E-state index in [9.17, 15) is 10.1 Å². The average molecular weight is 337 g/mol. The molecular formula is C20H23N3O2. The van der Waals surface area contributed by atoms with Crippen molar-refractivity contribution in [3.05, 3.63) is 47.7 Å². The second-order valence-corrected chi connectivity index (χ2v) is 6.60. The molecule has 0 unspecified atom stereocenters. The van der Waals surface area contributed by atoms with Crippen LogP contribution in [-0.4, -0.2) is 30.4 Å². The molecule has 5 heteroatoms. The lowest BCUT2D eigenvalue weighted by Crippen LogP contribution is -2.40. The first-order valence-electron chi connectivity index (χ1n) is 8.70. The molecular weight excluding hydrogens is 314 g/mol. The number of amides is 1.